The van der Waals surface area contributed by atoms with Crippen molar-refractivity contribution in [3.63, 3.8) is 0 Å². The maximum atomic E-state index is 13.1. The molecule has 138 valence electrons. The molecule has 0 bridgehead atoms. The SMILES string of the molecule is Cc1nc2c(c(=O)[nH]1)C(c1ccc(Cl)cc1)c1c(c3ccccc3sc1=O)O2. The van der Waals surface area contributed by atoms with Gasteiger partial charge in [-0.05, 0) is 36.8 Å². The van der Waals surface area contributed by atoms with Gasteiger partial charge in [-0.3, -0.25) is 9.59 Å². The molecule has 3 heterocycles. The van der Waals surface area contributed by atoms with Crippen LogP contribution in [0.5, 0.6) is 11.6 Å². The van der Waals surface area contributed by atoms with Crippen molar-refractivity contribution >= 4 is 33.0 Å². The summed E-state index contributed by atoms with van der Waals surface area (Å²) in [7, 11) is 0. The van der Waals surface area contributed by atoms with E-state index in [-0.39, 0.29) is 16.2 Å². The van der Waals surface area contributed by atoms with Gasteiger partial charge in [-0.25, -0.2) is 0 Å². The lowest BCUT2D eigenvalue weighted by atomic mass is 9.85. The lowest BCUT2D eigenvalue weighted by Gasteiger charge is -2.27. The molecule has 2 aromatic heterocycles. The van der Waals surface area contributed by atoms with Crippen LogP contribution in [-0.2, 0) is 0 Å². The molecule has 2 aromatic carbocycles. The van der Waals surface area contributed by atoms with Crippen LogP contribution >= 0.6 is 22.9 Å². The third-order valence-corrected chi connectivity index (χ3v) is 6.05. The molecule has 1 atom stereocenters. The molecule has 7 heteroatoms. The minimum atomic E-state index is -0.582. The number of aromatic nitrogens is 2. The second-order valence-electron chi connectivity index (χ2n) is 6.59. The van der Waals surface area contributed by atoms with E-state index in [0.29, 0.717) is 27.7 Å². The van der Waals surface area contributed by atoms with E-state index >= 15 is 0 Å². The van der Waals surface area contributed by atoms with E-state index in [1.807, 2.05) is 36.4 Å². The first kappa shape index (κ1) is 17.2. The first-order valence-corrected chi connectivity index (χ1v) is 9.82. The fourth-order valence-electron chi connectivity index (χ4n) is 3.63. The third-order valence-electron chi connectivity index (χ3n) is 4.82. The Hall–Kier alpha value is -2.96. The van der Waals surface area contributed by atoms with Crippen molar-refractivity contribution in [1.29, 1.82) is 0 Å². The van der Waals surface area contributed by atoms with Crippen molar-refractivity contribution in [3.05, 3.63) is 96.0 Å². The number of ether oxygens (including phenoxy) is 1. The van der Waals surface area contributed by atoms with Crippen LogP contribution in [0.25, 0.3) is 10.1 Å². The van der Waals surface area contributed by atoms with Gasteiger partial charge in [0.1, 0.15) is 11.6 Å². The molecule has 0 saturated carbocycles. The number of hydrogen-bond donors (Lipinski definition) is 1. The van der Waals surface area contributed by atoms with E-state index in [4.69, 9.17) is 16.3 Å². The van der Waals surface area contributed by atoms with Crippen molar-refractivity contribution in [3.8, 4) is 11.6 Å². The lowest BCUT2D eigenvalue weighted by Crippen LogP contribution is -2.28. The molecule has 0 radical (unpaired) electrons. The highest BCUT2D eigenvalue weighted by Crippen LogP contribution is 2.46. The van der Waals surface area contributed by atoms with E-state index in [1.54, 1.807) is 19.1 Å². The number of hydrogen-bond acceptors (Lipinski definition) is 5. The molecule has 5 nitrogen and oxygen atoms in total. The van der Waals surface area contributed by atoms with Gasteiger partial charge in [-0.15, -0.1) is 0 Å². The first-order chi connectivity index (χ1) is 13.5. The number of fused-ring (bicyclic) bond motifs is 4. The second-order valence-corrected chi connectivity index (χ2v) is 8.04. The predicted molar refractivity (Wildman–Crippen MR) is 110 cm³/mol. The Labute approximate surface area is 168 Å². The van der Waals surface area contributed by atoms with Gasteiger partial charge in [0.25, 0.3) is 5.56 Å². The number of aromatic amines is 1. The second kappa shape index (κ2) is 6.29. The lowest BCUT2D eigenvalue weighted by molar-refractivity contribution is 0.433. The number of nitrogens with one attached hydrogen (secondary N) is 1. The van der Waals surface area contributed by atoms with Crippen LogP contribution in [-0.4, -0.2) is 9.97 Å². The van der Waals surface area contributed by atoms with Crippen LogP contribution in [0.15, 0.2) is 58.1 Å². The van der Waals surface area contributed by atoms with E-state index in [0.717, 1.165) is 27.0 Å². The highest BCUT2D eigenvalue weighted by atomic mass is 35.5. The van der Waals surface area contributed by atoms with Gasteiger partial charge >= 0.3 is 0 Å². The number of H-pyrrole nitrogens is 1. The van der Waals surface area contributed by atoms with Gasteiger partial charge in [0.05, 0.1) is 17.0 Å². The van der Waals surface area contributed by atoms with Crippen molar-refractivity contribution in [2.45, 2.75) is 12.8 Å². The molecule has 0 fully saturated rings. The van der Waals surface area contributed by atoms with Crippen molar-refractivity contribution in [1.82, 2.24) is 9.97 Å². The zero-order valence-corrected chi connectivity index (χ0v) is 16.2. The summed E-state index contributed by atoms with van der Waals surface area (Å²) < 4.78 is 6.74. The molecular weight excluding hydrogens is 396 g/mol. The molecule has 0 spiro atoms. The summed E-state index contributed by atoms with van der Waals surface area (Å²) in [5.41, 5.74) is 1.26. The van der Waals surface area contributed by atoms with Crippen LogP contribution in [0.2, 0.25) is 5.02 Å². The number of aryl methyl sites for hydroxylation is 1. The molecule has 1 aliphatic heterocycles. The molecule has 1 aliphatic rings. The normalized spacial score (nSPS) is 15.0. The van der Waals surface area contributed by atoms with Gasteiger partial charge in [-0.1, -0.05) is 47.2 Å². The summed E-state index contributed by atoms with van der Waals surface area (Å²) in [6.45, 7) is 1.70. The molecular formula is C21H13ClN2O3S. The van der Waals surface area contributed by atoms with Crippen LogP contribution in [0.1, 0.15) is 28.4 Å². The Kier molecular flexibility index (Phi) is 3.86. The minimum Gasteiger partial charge on any atom is -0.437 e. The van der Waals surface area contributed by atoms with Crippen molar-refractivity contribution in [2.24, 2.45) is 0 Å². The maximum Gasteiger partial charge on any atom is 0.258 e. The standard InChI is InChI=1S/C21H13ClN2O3S/c1-10-23-19(25)17-15(11-6-8-12(22)9-7-11)16-18(27-20(17)24-10)13-4-2-3-5-14(13)28-21(16)26/h2-9,15H,1H3,(H,23,24,25). The molecule has 0 amide bonds. The fraction of sp³-hybridized carbons (Fsp3) is 0.0952. The largest absolute Gasteiger partial charge is 0.437 e. The van der Waals surface area contributed by atoms with Gasteiger partial charge < -0.3 is 9.72 Å². The quantitative estimate of drug-likeness (QED) is 0.440. The Balaban J connectivity index is 1.91. The Morgan fingerprint density at radius 3 is 2.61 bits per heavy atom. The maximum absolute atomic E-state index is 13.1. The van der Waals surface area contributed by atoms with E-state index in [1.165, 1.54) is 0 Å². The summed E-state index contributed by atoms with van der Waals surface area (Å²) in [6.07, 6.45) is 0. The molecule has 28 heavy (non-hydrogen) atoms. The number of benzene rings is 2. The first-order valence-electron chi connectivity index (χ1n) is 8.63. The average Bonchev–Trinajstić information content (AvgIpc) is 2.67. The summed E-state index contributed by atoms with van der Waals surface area (Å²) in [6, 6.07) is 14.7. The van der Waals surface area contributed by atoms with E-state index < -0.39 is 5.92 Å². The number of halogens is 1. The van der Waals surface area contributed by atoms with Crippen molar-refractivity contribution < 1.29 is 4.74 Å². The van der Waals surface area contributed by atoms with Crippen molar-refractivity contribution in [2.75, 3.05) is 0 Å². The van der Waals surface area contributed by atoms with Gasteiger partial charge in [0.15, 0.2) is 0 Å². The van der Waals surface area contributed by atoms with Crippen LogP contribution in [0, 0.1) is 6.92 Å². The number of nitrogens with zero attached hydrogens (tertiary/aromatic N) is 1. The third kappa shape index (κ3) is 2.57. The number of rotatable bonds is 1. The zero-order valence-electron chi connectivity index (χ0n) is 14.7. The highest BCUT2D eigenvalue weighted by Gasteiger charge is 2.36. The minimum absolute atomic E-state index is 0.140. The van der Waals surface area contributed by atoms with Gasteiger partial charge in [0, 0.05) is 15.1 Å². The Bertz CT molecular complexity index is 1360. The molecule has 1 N–H and O–H groups in total. The summed E-state index contributed by atoms with van der Waals surface area (Å²) >= 11 is 7.20. The van der Waals surface area contributed by atoms with E-state index in [9.17, 15) is 9.59 Å². The van der Waals surface area contributed by atoms with Gasteiger partial charge in [-0.2, -0.15) is 4.98 Å². The molecule has 0 aliphatic carbocycles. The topological polar surface area (TPSA) is 72.0 Å². The molecule has 4 aromatic rings. The van der Waals surface area contributed by atoms with Crippen LogP contribution < -0.4 is 15.0 Å². The monoisotopic (exact) mass is 408 g/mol. The van der Waals surface area contributed by atoms with Gasteiger partial charge in [0.2, 0.25) is 10.6 Å². The molecule has 5 rings (SSSR count). The summed E-state index contributed by atoms with van der Waals surface area (Å²) in [4.78, 5) is 33.0. The van der Waals surface area contributed by atoms with Crippen LogP contribution in [0.4, 0.5) is 0 Å². The molecule has 0 saturated heterocycles. The van der Waals surface area contributed by atoms with Crippen LogP contribution in [0.3, 0.4) is 0 Å². The summed E-state index contributed by atoms with van der Waals surface area (Å²) in [5.74, 6) is 0.562. The summed E-state index contributed by atoms with van der Waals surface area (Å²) in [5, 5.41) is 1.40. The van der Waals surface area contributed by atoms with E-state index in [2.05, 4.69) is 9.97 Å². The Morgan fingerprint density at radius 1 is 1.07 bits per heavy atom. The predicted octanol–water partition coefficient (Wildman–Crippen LogP) is 4.59. The zero-order chi connectivity index (χ0) is 19.4. The molecule has 1 unspecified atom stereocenters. The highest BCUT2D eigenvalue weighted by molar-refractivity contribution is 7.16. The average molecular weight is 409 g/mol. The fourth-order valence-corrected chi connectivity index (χ4v) is 4.69. The Morgan fingerprint density at radius 2 is 1.82 bits per heavy atom. The smallest absolute Gasteiger partial charge is 0.258 e.